The van der Waals surface area contributed by atoms with Crippen molar-refractivity contribution in [2.75, 3.05) is 80.2 Å². The summed E-state index contributed by atoms with van der Waals surface area (Å²) in [6, 6.07) is 25.1. The zero-order valence-electron chi connectivity index (χ0n) is 39.3. The summed E-state index contributed by atoms with van der Waals surface area (Å²) >= 11 is 12.4. The van der Waals surface area contributed by atoms with E-state index in [-0.39, 0.29) is 24.7 Å². The molecule has 0 radical (unpaired) electrons. The van der Waals surface area contributed by atoms with Crippen LogP contribution in [-0.4, -0.2) is 133 Å². The first-order valence-corrected chi connectivity index (χ1v) is 23.6. The van der Waals surface area contributed by atoms with Crippen molar-refractivity contribution < 1.29 is 38.0 Å². The molecule has 2 aliphatic rings. The molecule has 8 rings (SSSR count). The number of hydrogen-bond acceptors (Lipinski definition) is 14. The fraction of sp³-hybridized carbons (Fsp3) is 0.360. The summed E-state index contributed by atoms with van der Waals surface area (Å²) in [5.74, 6) is 3.41. The average Bonchev–Trinajstić information content (AvgIpc) is 3.87. The van der Waals surface area contributed by atoms with Crippen LogP contribution in [0.2, 0.25) is 10.0 Å². The van der Waals surface area contributed by atoms with E-state index in [9.17, 15) is 9.59 Å². The monoisotopic (exact) mass is 992 g/mol. The van der Waals surface area contributed by atoms with Crippen LogP contribution in [0.5, 0.6) is 11.5 Å². The maximum absolute atomic E-state index is 13.3. The van der Waals surface area contributed by atoms with Crippen LogP contribution in [0.1, 0.15) is 70.5 Å². The lowest BCUT2D eigenvalue weighted by molar-refractivity contribution is -0.122. The largest absolute Gasteiger partial charge is 0.497 e. The Morgan fingerprint density at radius 1 is 0.529 bits per heavy atom. The third-order valence-electron chi connectivity index (χ3n) is 11.5. The van der Waals surface area contributed by atoms with E-state index in [1.165, 1.54) is 0 Å². The lowest BCUT2D eigenvalue weighted by Crippen LogP contribution is -2.29. The molecule has 2 aliphatic heterocycles. The molecule has 0 bridgehead atoms. The highest BCUT2D eigenvalue weighted by Gasteiger charge is 2.32. The summed E-state index contributed by atoms with van der Waals surface area (Å²) in [5.41, 5.74) is 6.38. The number of hydrogen-bond donors (Lipinski definition) is 2. The quantitative estimate of drug-likeness (QED) is 0.0676. The van der Waals surface area contributed by atoms with Gasteiger partial charge in [-0.05, 0) is 74.5 Å². The van der Waals surface area contributed by atoms with Gasteiger partial charge in [0.2, 0.25) is 11.8 Å². The molecule has 2 aromatic heterocycles. The number of rotatable bonds is 23. The van der Waals surface area contributed by atoms with Crippen molar-refractivity contribution in [3.63, 3.8) is 0 Å². The van der Waals surface area contributed by atoms with E-state index in [2.05, 4.69) is 31.0 Å². The number of aryl methyl sites for hydroxylation is 2. The van der Waals surface area contributed by atoms with Gasteiger partial charge in [-0.15, -0.1) is 20.4 Å². The Morgan fingerprint density at radius 2 is 0.900 bits per heavy atom. The number of amides is 2. The molecule has 366 valence electrons. The van der Waals surface area contributed by atoms with Crippen molar-refractivity contribution in [3.05, 3.63) is 141 Å². The zero-order chi connectivity index (χ0) is 49.0. The van der Waals surface area contributed by atoms with E-state index in [0.717, 1.165) is 33.6 Å². The normalized spacial score (nSPS) is 14.8. The molecule has 6 aromatic rings. The van der Waals surface area contributed by atoms with E-state index < -0.39 is 12.1 Å². The number of fused-ring (bicyclic) bond motifs is 6. The third kappa shape index (κ3) is 12.1. The Balaban J connectivity index is 0.703. The summed E-state index contributed by atoms with van der Waals surface area (Å²) in [4.78, 5) is 36.7. The maximum Gasteiger partial charge on any atom is 0.222 e. The predicted octanol–water partition coefficient (Wildman–Crippen LogP) is 6.35. The number of carbonyl (C=O) groups excluding carboxylic acids is 2. The van der Waals surface area contributed by atoms with Crippen molar-refractivity contribution in [1.29, 1.82) is 0 Å². The van der Waals surface area contributed by atoms with Crippen molar-refractivity contribution in [3.8, 4) is 22.9 Å². The van der Waals surface area contributed by atoms with Crippen molar-refractivity contribution in [2.24, 2.45) is 9.98 Å². The lowest BCUT2D eigenvalue weighted by Gasteiger charge is -2.14. The molecule has 2 atom stereocenters. The molecule has 0 unspecified atom stereocenters. The number of carbonyl (C=O) groups is 2. The van der Waals surface area contributed by atoms with E-state index in [0.29, 0.717) is 122 Å². The van der Waals surface area contributed by atoms with Gasteiger partial charge in [-0.2, -0.15) is 0 Å². The van der Waals surface area contributed by atoms with Gasteiger partial charge in [-0.1, -0.05) is 47.5 Å². The van der Waals surface area contributed by atoms with Crippen LogP contribution in [0, 0.1) is 13.8 Å². The fourth-order valence-electron chi connectivity index (χ4n) is 8.14. The van der Waals surface area contributed by atoms with Gasteiger partial charge < -0.3 is 39.1 Å². The molecule has 4 heterocycles. The third-order valence-corrected chi connectivity index (χ3v) is 12.0. The molecule has 0 saturated carbocycles. The molecule has 0 saturated heterocycles. The van der Waals surface area contributed by atoms with E-state index in [4.69, 9.17) is 61.6 Å². The average molecular weight is 994 g/mol. The highest BCUT2D eigenvalue weighted by Crippen LogP contribution is 2.36. The minimum atomic E-state index is -0.614. The van der Waals surface area contributed by atoms with E-state index >= 15 is 0 Å². The first kappa shape index (κ1) is 49.9. The van der Waals surface area contributed by atoms with Gasteiger partial charge in [0, 0.05) is 45.4 Å². The van der Waals surface area contributed by atoms with Crippen LogP contribution in [0.3, 0.4) is 0 Å². The minimum absolute atomic E-state index is 0.0501. The molecule has 0 spiro atoms. The van der Waals surface area contributed by atoms with E-state index in [1.807, 2.05) is 108 Å². The molecule has 20 heteroatoms. The Morgan fingerprint density at radius 3 is 1.27 bits per heavy atom. The summed E-state index contributed by atoms with van der Waals surface area (Å²) in [5, 5.41) is 24.7. The van der Waals surface area contributed by atoms with Gasteiger partial charge in [0.1, 0.15) is 35.2 Å². The lowest BCUT2D eigenvalue weighted by atomic mass is 10.00. The standard InChI is InChI=1S/C50H54Cl2N10O8/c1-31-57-59-49-41(55-47(33-5-9-35(51)10-6-33)39-27-37(65-3)13-15-43(39)61(31)49)29-45(63)53-17-19-67-21-23-69-25-26-70-24-22-68-20-18-54-46(64)30-42-50-60-58-32(2)62(50)44-16-14-38(66-4)28-40(44)48(56-42)34-7-11-36(52)12-8-34/h5-16,27-28,41-42H,17-26,29-30H2,1-4H3,(H,53,63)(H,54,64)/t41-,42-/m0/s1. The van der Waals surface area contributed by atoms with Gasteiger partial charge in [0.05, 0.1) is 103 Å². The molecule has 0 aliphatic carbocycles. The number of benzene rings is 4. The van der Waals surface area contributed by atoms with Crippen LogP contribution < -0.4 is 20.1 Å². The Bertz CT molecular complexity index is 2640. The van der Waals surface area contributed by atoms with Crippen LogP contribution in [0.25, 0.3) is 11.4 Å². The first-order valence-electron chi connectivity index (χ1n) is 22.8. The fourth-order valence-corrected chi connectivity index (χ4v) is 8.39. The number of halogens is 2. The number of aliphatic imine (C=N–C) groups is 2. The van der Waals surface area contributed by atoms with Gasteiger partial charge in [0.25, 0.3) is 0 Å². The second kappa shape index (κ2) is 23.9. The molecule has 18 nitrogen and oxygen atoms in total. The van der Waals surface area contributed by atoms with Crippen molar-refractivity contribution in [1.82, 2.24) is 40.2 Å². The van der Waals surface area contributed by atoms with Crippen LogP contribution >= 0.6 is 23.2 Å². The van der Waals surface area contributed by atoms with Crippen LogP contribution in [0.15, 0.2) is 94.9 Å². The molecule has 2 amide bonds. The van der Waals surface area contributed by atoms with Crippen LogP contribution in [-0.2, 0) is 28.5 Å². The number of nitrogens with one attached hydrogen (secondary N) is 2. The summed E-state index contributed by atoms with van der Waals surface area (Å²) in [6.07, 6.45) is 0.100. The molecule has 70 heavy (non-hydrogen) atoms. The zero-order valence-corrected chi connectivity index (χ0v) is 40.8. The number of aromatic nitrogens is 6. The predicted molar refractivity (Wildman–Crippen MR) is 263 cm³/mol. The van der Waals surface area contributed by atoms with E-state index in [1.54, 1.807) is 14.2 Å². The molecular weight excluding hydrogens is 940 g/mol. The minimum Gasteiger partial charge on any atom is -0.497 e. The first-order chi connectivity index (χ1) is 34.1. The Labute approximate surface area is 415 Å². The van der Waals surface area contributed by atoms with Crippen LogP contribution in [0.4, 0.5) is 0 Å². The topological polar surface area (TPSA) is 200 Å². The van der Waals surface area contributed by atoms with Gasteiger partial charge in [0.15, 0.2) is 11.6 Å². The van der Waals surface area contributed by atoms with Crippen molar-refractivity contribution in [2.45, 2.75) is 38.8 Å². The van der Waals surface area contributed by atoms with Crippen molar-refractivity contribution >= 4 is 46.4 Å². The molecule has 0 fully saturated rings. The van der Waals surface area contributed by atoms with Gasteiger partial charge in [-0.3, -0.25) is 28.7 Å². The number of ether oxygens (including phenoxy) is 6. The molecular formula is C50H54Cl2N10O8. The molecule has 4 aromatic carbocycles. The highest BCUT2D eigenvalue weighted by atomic mass is 35.5. The SMILES string of the molecule is COc1ccc2c(c1)C(c1ccc(Cl)cc1)=N[C@@H](CC(=O)NCCOCCOCCOCCOCCNC(=O)C[C@@H]1N=C(c3ccc(Cl)cc3)c3cc(OC)ccc3-n3c(C)nnc31)c1nnc(C)n1-2. The Hall–Kier alpha value is -6.54. The van der Waals surface area contributed by atoms with Gasteiger partial charge >= 0.3 is 0 Å². The number of nitrogens with zero attached hydrogens (tertiary/aromatic N) is 8. The molecule has 2 N–H and O–H groups in total. The second-order valence-corrected chi connectivity index (χ2v) is 17.1. The highest BCUT2D eigenvalue weighted by molar-refractivity contribution is 6.31. The number of methoxy groups -OCH3 is 2. The summed E-state index contributed by atoms with van der Waals surface area (Å²) < 4.78 is 37.6. The van der Waals surface area contributed by atoms with Gasteiger partial charge in [-0.25, -0.2) is 0 Å². The summed E-state index contributed by atoms with van der Waals surface area (Å²) in [6.45, 7) is 7.18. The maximum atomic E-state index is 13.3. The second-order valence-electron chi connectivity index (χ2n) is 16.2. The smallest absolute Gasteiger partial charge is 0.222 e. The summed E-state index contributed by atoms with van der Waals surface area (Å²) in [7, 11) is 3.23. The Kier molecular flexibility index (Phi) is 17.0.